The molecular weight excluding hydrogens is 380 g/mol. The van der Waals surface area contributed by atoms with Gasteiger partial charge in [-0.2, -0.15) is 0 Å². The Labute approximate surface area is 168 Å². The van der Waals surface area contributed by atoms with Gasteiger partial charge < -0.3 is 30.3 Å². The van der Waals surface area contributed by atoms with Gasteiger partial charge in [0.15, 0.2) is 0 Å². The summed E-state index contributed by atoms with van der Waals surface area (Å²) < 4.78 is 7.15. The number of hydrogen-bond donors (Lipinski definition) is 5. The van der Waals surface area contributed by atoms with E-state index >= 15 is 0 Å². The lowest BCUT2D eigenvalue weighted by atomic mass is 9.94. The number of likely N-dealkylation sites (tertiary alicyclic amines) is 1. The highest BCUT2D eigenvalue weighted by atomic mass is 16.5. The minimum Gasteiger partial charge on any atom is -0.395 e. The van der Waals surface area contributed by atoms with Crippen molar-refractivity contribution in [1.82, 2.24) is 19.9 Å². The first-order valence-electron chi connectivity index (χ1n) is 9.52. The van der Waals surface area contributed by atoms with Gasteiger partial charge >= 0.3 is 0 Å². The highest BCUT2D eigenvalue weighted by Crippen LogP contribution is 2.19. The van der Waals surface area contributed by atoms with Crippen molar-refractivity contribution in [2.45, 2.75) is 44.0 Å². The van der Waals surface area contributed by atoms with E-state index in [1.54, 1.807) is 15.8 Å². The Hall–Kier alpha value is -1.92. The first-order valence-corrected chi connectivity index (χ1v) is 9.52. The molecule has 5 atom stereocenters. The normalized spacial score (nSPS) is 26.6. The van der Waals surface area contributed by atoms with Crippen LogP contribution in [0.1, 0.15) is 11.3 Å². The van der Waals surface area contributed by atoms with Crippen molar-refractivity contribution in [2.24, 2.45) is 0 Å². The van der Waals surface area contributed by atoms with Crippen LogP contribution >= 0.6 is 0 Å². The Morgan fingerprint density at radius 1 is 1.17 bits per heavy atom. The predicted molar refractivity (Wildman–Crippen MR) is 102 cm³/mol. The molecule has 10 heteroatoms. The number of aryl methyl sites for hydroxylation is 1. The van der Waals surface area contributed by atoms with Gasteiger partial charge in [0.2, 0.25) is 0 Å². The van der Waals surface area contributed by atoms with E-state index in [9.17, 15) is 25.5 Å². The summed E-state index contributed by atoms with van der Waals surface area (Å²) in [4.78, 5) is 1.55. The zero-order valence-corrected chi connectivity index (χ0v) is 16.2. The summed E-state index contributed by atoms with van der Waals surface area (Å²) in [5.41, 5.74) is 2.64. The van der Waals surface area contributed by atoms with Gasteiger partial charge in [-0.3, -0.25) is 4.90 Å². The number of hydrogen-bond acceptors (Lipinski definition) is 9. The molecule has 1 unspecified atom stereocenters. The summed E-state index contributed by atoms with van der Waals surface area (Å²) in [7, 11) is 0. The highest BCUT2D eigenvalue weighted by Gasteiger charge is 2.41. The van der Waals surface area contributed by atoms with Crippen LogP contribution in [0.3, 0.4) is 0 Å². The summed E-state index contributed by atoms with van der Waals surface area (Å²) in [6, 6.07) is 7.08. The number of ether oxygens (including phenoxy) is 1. The molecule has 1 fully saturated rings. The van der Waals surface area contributed by atoms with E-state index < -0.39 is 37.1 Å². The number of rotatable bonds is 8. The molecule has 2 aromatic rings. The van der Waals surface area contributed by atoms with Crippen molar-refractivity contribution < 1.29 is 30.3 Å². The van der Waals surface area contributed by atoms with E-state index in [0.29, 0.717) is 5.69 Å². The summed E-state index contributed by atoms with van der Waals surface area (Å²) >= 11 is 0. The SMILES string of the molecule is Cc1ccc(-n2cc(COCC(O)CN3C[C@H](O)[C@@H](O)[C@H](O)[C@H]3CO)nn2)cc1. The molecule has 1 saturated heterocycles. The molecule has 10 nitrogen and oxygen atoms in total. The van der Waals surface area contributed by atoms with Gasteiger partial charge in [0.05, 0.1) is 50.0 Å². The number of nitrogens with zero attached hydrogens (tertiary/aromatic N) is 4. The molecule has 0 radical (unpaired) electrons. The first kappa shape index (κ1) is 21.8. The highest BCUT2D eigenvalue weighted by molar-refractivity contribution is 5.33. The zero-order chi connectivity index (χ0) is 21.0. The summed E-state index contributed by atoms with van der Waals surface area (Å²) in [5.74, 6) is 0. The van der Waals surface area contributed by atoms with Crippen molar-refractivity contribution in [2.75, 3.05) is 26.3 Å². The molecule has 0 spiro atoms. The molecule has 0 amide bonds. The summed E-state index contributed by atoms with van der Waals surface area (Å²) in [6.07, 6.45) is -2.94. The second kappa shape index (κ2) is 9.72. The van der Waals surface area contributed by atoms with Crippen LogP contribution in [0.15, 0.2) is 30.5 Å². The standard InChI is InChI=1S/C19H28N4O6/c1-12-2-4-14(5-3-12)23-6-13(20-21-23)10-29-11-15(25)7-22-8-17(26)19(28)18(27)16(22)9-24/h2-6,15-19,24-28H,7-11H2,1H3/t15?,16-,17+,18-,19-/m1/s1. The monoisotopic (exact) mass is 408 g/mol. The lowest BCUT2D eigenvalue weighted by Crippen LogP contribution is -2.63. The van der Waals surface area contributed by atoms with E-state index in [-0.39, 0.29) is 26.3 Å². The van der Waals surface area contributed by atoms with Crippen LogP contribution < -0.4 is 0 Å². The maximum atomic E-state index is 10.2. The van der Waals surface area contributed by atoms with Gasteiger partial charge in [0.1, 0.15) is 17.9 Å². The van der Waals surface area contributed by atoms with E-state index in [4.69, 9.17) is 4.74 Å². The first-order chi connectivity index (χ1) is 13.9. The van der Waals surface area contributed by atoms with Gasteiger partial charge in [-0.15, -0.1) is 5.10 Å². The van der Waals surface area contributed by atoms with Crippen LogP contribution in [0.25, 0.3) is 5.69 Å². The Balaban J connectivity index is 1.47. The van der Waals surface area contributed by atoms with Gasteiger partial charge in [0, 0.05) is 13.1 Å². The molecule has 1 aliphatic rings. The van der Waals surface area contributed by atoms with Crippen molar-refractivity contribution in [3.05, 3.63) is 41.7 Å². The topological polar surface area (TPSA) is 144 Å². The van der Waals surface area contributed by atoms with E-state index in [2.05, 4.69) is 10.3 Å². The molecule has 0 aliphatic carbocycles. The molecular formula is C19H28N4O6. The molecule has 3 rings (SSSR count). The molecule has 1 aliphatic heterocycles. The van der Waals surface area contributed by atoms with Gasteiger partial charge in [-0.25, -0.2) is 4.68 Å². The third kappa shape index (κ3) is 5.37. The quantitative estimate of drug-likeness (QED) is 0.342. The van der Waals surface area contributed by atoms with E-state index in [1.165, 1.54) is 0 Å². The third-order valence-corrected chi connectivity index (χ3v) is 5.06. The van der Waals surface area contributed by atoms with Gasteiger partial charge in [-0.1, -0.05) is 22.9 Å². The molecule has 2 heterocycles. The zero-order valence-electron chi connectivity index (χ0n) is 16.2. The summed E-state index contributed by atoms with van der Waals surface area (Å²) in [5, 5.41) is 57.3. The minimum atomic E-state index is -1.33. The average molecular weight is 408 g/mol. The Morgan fingerprint density at radius 2 is 1.90 bits per heavy atom. The van der Waals surface area contributed by atoms with Crippen LogP contribution in [0.2, 0.25) is 0 Å². The fourth-order valence-electron chi connectivity index (χ4n) is 3.40. The lowest BCUT2D eigenvalue weighted by molar-refractivity contribution is -0.152. The predicted octanol–water partition coefficient (Wildman–Crippen LogP) is -1.79. The number of aliphatic hydroxyl groups excluding tert-OH is 5. The summed E-state index contributed by atoms with van der Waals surface area (Å²) in [6.45, 7) is 1.87. The second-order valence-electron chi connectivity index (χ2n) is 7.41. The Morgan fingerprint density at radius 3 is 2.59 bits per heavy atom. The maximum absolute atomic E-state index is 10.2. The minimum absolute atomic E-state index is 0.000778. The van der Waals surface area contributed by atoms with Crippen molar-refractivity contribution in [3.63, 3.8) is 0 Å². The molecule has 160 valence electrons. The lowest BCUT2D eigenvalue weighted by Gasteiger charge is -2.43. The Kier molecular flexibility index (Phi) is 7.30. The number of piperidine rings is 1. The molecule has 0 bridgehead atoms. The molecule has 1 aromatic carbocycles. The second-order valence-corrected chi connectivity index (χ2v) is 7.41. The average Bonchev–Trinajstić information content (AvgIpc) is 3.16. The number of aliphatic hydroxyl groups is 5. The van der Waals surface area contributed by atoms with Crippen LogP contribution in [0.5, 0.6) is 0 Å². The van der Waals surface area contributed by atoms with Gasteiger partial charge in [-0.05, 0) is 19.1 Å². The third-order valence-electron chi connectivity index (χ3n) is 5.06. The maximum Gasteiger partial charge on any atom is 0.109 e. The van der Waals surface area contributed by atoms with E-state index in [1.807, 2.05) is 31.2 Å². The van der Waals surface area contributed by atoms with Gasteiger partial charge in [0.25, 0.3) is 0 Å². The molecule has 5 N–H and O–H groups in total. The number of aromatic nitrogens is 3. The molecule has 0 saturated carbocycles. The van der Waals surface area contributed by atoms with Crippen LogP contribution in [0.4, 0.5) is 0 Å². The van der Waals surface area contributed by atoms with Crippen LogP contribution in [-0.2, 0) is 11.3 Å². The number of β-amino-alcohol motifs (C(OH)–C–C–N with tert-alkyl or cyclic N) is 2. The number of benzene rings is 1. The van der Waals surface area contributed by atoms with Crippen LogP contribution in [-0.4, -0.2) is 102 Å². The fourth-order valence-corrected chi connectivity index (χ4v) is 3.40. The van der Waals surface area contributed by atoms with Crippen LogP contribution in [0, 0.1) is 6.92 Å². The molecule has 29 heavy (non-hydrogen) atoms. The molecule has 1 aromatic heterocycles. The van der Waals surface area contributed by atoms with Crippen molar-refractivity contribution in [3.8, 4) is 5.69 Å². The Bertz CT molecular complexity index is 770. The largest absolute Gasteiger partial charge is 0.395 e. The smallest absolute Gasteiger partial charge is 0.109 e. The van der Waals surface area contributed by atoms with Crippen molar-refractivity contribution >= 4 is 0 Å². The van der Waals surface area contributed by atoms with E-state index in [0.717, 1.165) is 11.3 Å². The fraction of sp³-hybridized carbons (Fsp3) is 0.579. The van der Waals surface area contributed by atoms with Crippen molar-refractivity contribution in [1.29, 1.82) is 0 Å².